The Morgan fingerprint density at radius 1 is 1.50 bits per heavy atom. The molecular formula is C14H17ClN4O. The molecule has 5 nitrogen and oxygen atoms in total. The highest BCUT2D eigenvalue weighted by Gasteiger charge is 2.21. The van der Waals surface area contributed by atoms with Gasteiger partial charge in [-0.15, -0.1) is 0 Å². The number of rotatable bonds is 4. The van der Waals surface area contributed by atoms with Crippen molar-refractivity contribution in [2.24, 2.45) is 12.8 Å². The maximum atomic E-state index is 12.3. The first-order chi connectivity index (χ1) is 9.49. The summed E-state index contributed by atoms with van der Waals surface area (Å²) < 4.78 is 1.62. The van der Waals surface area contributed by atoms with E-state index in [1.165, 1.54) is 0 Å². The van der Waals surface area contributed by atoms with Crippen molar-refractivity contribution in [3.8, 4) is 0 Å². The van der Waals surface area contributed by atoms with E-state index < -0.39 is 6.04 Å². The standard InChI is InChI=1S/C14H17ClN4O/c1-18(8-10-5-3-4-6-12(10)15)14(20)13(16)11-7-17-19(2)9-11/h3-7,9,13H,8,16H2,1-2H3. The molecule has 1 atom stereocenters. The van der Waals surface area contributed by atoms with Crippen LogP contribution in [0.1, 0.15) is 17.2 Å². The van der Waals surface area contributed by atoms with Crippen LogP contribution in [0, 0.1) is 0 Å². The fraction of sp³-hybridized carbons (Fsp3) is 0.286. The van der Waals surface area contributed by atoms with Crippen LogP contribution in [0.2, 0.25) is 5.02 Å². The number of benzene rings is 1. The minimum atomic E-state index is -0.712. The van der Waals surface area contributed by atoms with Crippen LogP contribution in [-0.4, -0.2) is 27.6 Å². The van der Waals surface area contributed by atoms with E-state index in [-0.39, 0.29) is 5.91 Å². The number of carbonyl (C=O) groups excluding carboxylic acids is 1. The molecule has 0 radical (unpaired) electrons. The Bertz CT molecular complexity index is 611. The molecule has 0 saturated carbocycles. The third kappa shape index (κ3) is 3.18. The van der Waals surface area contributed by atoms with Crippen molar-refractivity contribution >= 4 is 17.5 Å². The van der Waals surface area contributed by atoms with Gasteiger partial charge in [-0.05, 0) is 11.6 Å². The summed E-state index contributed by atoms with van der Waals surface area (Å²) in [7, 11) is 3.50. The number of hydrogen-bond acceptors (Lipinski definition) is 3. The van der Waals surface area contributed by atoms with E-state index in [9.17, 15) is 4.79 Å². The average Bonchev–Trinajstić information content (AvgIpc) is 2.86. The summed E-state index contributed by atoms with van der Waals surface area (Å²) in [4.78, 5) is 13.9. The van der Waals surface area contributed by atoms with Crippen molar-refractivity contribution < 1.29 is 4.79 Å². The quantitative estimate of drug-likeness (QED) is 0.933. The third-order valence-electron chi connectivity index (χ3n) is 3.09. The number of aryl methyl sites for hydroxylation is 1. The van der Waals surface area contributed by atoms with Crippen molar-refractivity contribution in [2.45, 2.75) is 12.6 Å². The van der Waals surface area contributed by atoms with Gasteiger partial charge in [0.05, 0.1) is 6.20 Å². The molecule has 2 rings (SSSR count). The van der Waals surface area contributed by atoms with E-state index >= 15 is 0 Å². The molecule has 1 amide bonds. The van der Waals surface area contributed by atoms with E-state index in [1.54, 1.807) is 42.1 Å². The van der Waals surface area contributed by atoms with Crippen LogP contribution >= 0.6 is 11.6 Å². The second-order valence-corrected chi connectivity index (χ2v) is 5.12. The van der Waals surface area contributed by atoms with Gasteiger partial charge in [0, 0.05) is 37.4 Å². The molecule has 1 aromatic heterocycles. The molecule has 1 heterocycles. The molecule has 0 aliphatic rings. The predicted octanol–water partition coefficient (Wildman–Crippen LogP) is 1.73. The molecule has 106 valence electrons. The van der Waals surface area contributed by atoms with Gasteiger partial charge in [0.25, 0.3) is 0 Å². The van der Waals surface area contributed by atoms with E-state index in [0.29, 0.717) is 17.1 Å². The predicted molar refractivity (Wildman–Crippen MR) is 78.1 cm³/mol. The van der Waals surface area contributed by atoms with Crippen molar-refractivity contribution in [1.29, 1.82) is 0 Å². The SMILES string of the molecule is CN(Cc1ccccc1Cl)C(=O)C(N)c1cnn(C)c1. The normalized spacial score (nSPS) is 12.2. The summed E-state index contributed by atoms with van der Waals surface area (Å²) in [6.07, 6.45) is 3.35. The lowest BCUT2D eigenvalue weighted by Crippen LogP contribution is -2.35. The summed E-state index contributed by atoms with van der Waals surface area (Å²) in [6, 6.07) is 6.73. The number of carbonyl (C=O) groups is 1. The van der Waals surface area contributed by atoms with Crippen LogP contribution in [0.4, 0.5) is 0 Å². The van der Waals surface area contributed by atoms with Gasteiger partial charge in [-0.2, -0.15) is 5.10 Å². The number of aromatic nitrogens is 2. The Hall–Kier alpha value is -1.85. The number of nitrogens with two attached hydrogens (primary N) is 1. The highest BCUT2D eigenvalue weighted by atomic mass is 35.5. The van der Waals surface area contributed by atoms with Gasteiger partial charge in [-0.25, -0.2) is 0 Å². The molecule has 1 unspecified atom stereocenters. The third-order valence-corrected chi connectivity index (χ3v) is 3.46. The Balaban J connectivity index is 2.07. The van der Waals surface area contributed by atoms with Crippen LogP contribution in [-0.2, 0) is 18.4 Å². The maximum absolute atomic E-state index is 12.3. The van der Waals surface area contributed by atoms with E-state index in [4.69, 9.17) is 17.3 Å². The first kappa shape index (κ1) is 14.6. The molecule has 0 bridgehead atoms. The zero-order valence-corrected chi connectivity index (χ0v) is 12.2. The van der Waals surface area contributed by atoms with Gasteiger partial charge in [0.2, 0.25) is 5.91 Å². The minimum Gasteiger partial charge on any atom is -0.340 e. The lowest BCUT2D eigenvalue weighted by atomic mass is 10.1. The molecule has 0 saturated heterocycles. The van der Waals surface area contributed by atoms with Crippen LogP contribution in [0.15, 0.2) is 36.7 Å². The van der Waals surface area contributed by atoms with Crippen molar-refractivity contribution in [2.75, 3.05) is 7.05 Å². The Morgan fingerprint density at radius 2 is 2.20 bits per heavy atom. The molecule has 0 spiro atoms. The number of likely N-dealkylation sites (N-methyl/N-ethyl adjacent to an activating group) is 1. The summed E-state index contributed by atoms with van der Waals surface area (Å²) >= 11 is 6.09. The second-order valence-electron chi connectivity index (χ2n) is 4.71. The van der Waals surface area contributed by atoms with E-state index in [2.05, 4.69) is 5.10 Å². The molecule has 2 N–H and O–H groups in total. The van der Waals surface area contributed by atoms with E-state index in [1.807, 2.05) is 18.2 Å². The molecule has 2 aromatic rings. The van der Waals surface area contributed by atoms with Crippen molar-refractivity contribution in [3.63, 3.8) is 0 Å². The van der Waals surface area contributed by atoms with Crippen LogP contribution in [0.5, 0.6) is 0 Å². The largest absolute Gasteiger partial charge is 0.340 e. The summed E-state index contributed by atoms with van der Waals surface area (Å²) in [5.74, 6) is -0.169. The van der Waals surface area contributed by atoms with Crippen molar-refractivity contribution in [1.82, 2.24) is 14.7 Å². The van der Waals surface area contributed by atoms with Crippen molar-refractivity contribution in [3.05, 3.63) is 52.8 Å². The highest BCUT2D eigenvalue weighted by Crippen LogP contribution is 2.18. The first-order valence-corrected chi connectivity index (χ1v) is 6.59. The Kier molecular flexibility index (Phi) is 4.42. The second kappa shape index (κ2) is 6.07. The van der Waals surface area contributed by atoms with Crippen LogP contribution in [0.25, 0.3) is 0 Å². The number of hydrogen-bond donors (Lipinski definition) is 1. The highest BCUT2D eigenvalue weighted by molar-refractivity contribution is 6.31. The molecule has 0 fully saturated rings. The molecule has 1 aromatic carbocycles. The topological polar surface area (TPSA) is 64.2 Å². The Morgan fingerprint density at radius 3 is 2.80 bits per heavy atom. The molecule has 20 heavy (non-hydrogen) atoms. The fourth-order valence-electron chi connectivity index (χ4n) is 1.94. The average molecular weight is 293 g/mol. The summed E-state index contributed by atoms with van der Waals surface area (Å²) in [5.41, 5.74) is 7.56. The monoisotopic (exact) mass is 292 g/mol. The van der Waals surface area contributed by atoms with Gasteiger partial charge in [-0.1, -0.05) is 29.8 Å². The van der Waals surface area contributed by atoms with Gasteiger partial charge in [0.15, 0.2) is 0 Å². The lowest BCUT2D eigenvalue weighted by Gasteiger charge is -2.21. The summed E-state index contributed by atoms with van der Waals surface area (Å²) in [5, 5.41) is 4.66. The van der Waals surface area contributed by atoms with Crippen LogP contribution < -0.4 is 5.73 Å². The van der Waals surface area contributed by atoms with Gasteiger partial charge < -0.3 is 10.6 Å². The van der Waals surface area contributed by atoms with Gasteiger partial charge in [-0.3, -0.25) is 9.48 Å². The van der Waals surface area contributed by atoms with E-state index in [0.717, 1.165) is 5.56 Å². The van der Waals surface area contributed by atoms with Gasteiger partial charge in [0.1, 0.15) is 6.04 Å². The number of nitrogens with zero attached hydrogens (tertiary/aromatic N) is 3. The zero-order valence-electron chi connectivity index (χ0n) is 11.5. The summed E-state index contributed by atoms with van der Waals surface area (Å²) in [6.45, 7) is 0.423. The maximum Gasteiger partial charge on any atom is 0.244 e. The zero-order chi connectivity index (χ0) is 14.7. The molecule has 6 heteroatoms. The smallest absolute Gasteiger partial charge is 0.244 e. The molecule has 0 aliphatic heterocycles. The van der Waals surface area contributed by atoms with Crippen LogP contribution in [0.3, 0.4) is 0 Å². The number of amides is 1. The fourth-order valence-corrected chi connectivity index (χ4v) is 2.14. The Labute approximate surface area is 122 Å². The molecular weight excluding hydrogens is 276 g/mol. The number of halogens is 1. The lowest BCUT2D eigenvalue weighted by molar-refractivity contribution is -0.131. The molecule has 0 aliphatic carbocycles. The first-order valence-electron chi connectivity index (χ1n) is 6.21. The minimum absolute atomic E-state index is 0.169. The van der Waals surface area contributed by atoms with Gasteiger partial charge >= 0.3 is 0 Å².